The van der Waals surface area contributed by atoms with Crippen LogP contribution in [0.5, 0.6) is 0 Å². The molecule has 3 heterocycles. The fourth-order valence-corrected chi connectivity index (χ4v) is 4.69. The van der Waals surface area contributed by atoms with Crippen molar-refractivity contribution in [1.82, 2.24) is 19.5 Å². The SMILES string of the molecule is CCc1ccnc(NC(=O)c2ccc(-c3nc([C@@H]4CCCN(C(=O)OC(C)(C)C)C4)n(N)c3C(C)=O)cc2)c1. The summed E-state index contributed by atoms with van der Waals surface area (Å²) >= 11 is 0. The fourth-order valence-electron chi connectivity index (χ4n) is 4.69. The molecule has 0 aliphatic carbocycles. The Kier molecular flexibility index (Phi) is 8.03. The van der Waals surface area contributed by atoms with Gasteiger partial charge in [0.05, 0.1) is 0 Å². The van der Waals surface area contributed by atoms with Crippen molar-refractivity contribution in [2.75, 3.05) is 24.2 Å². The molecule has 10 nitrogen and oxygen atoms in total. The minimum atomic E-state index is -0.593. The van der Waals surface area contributed by atoms with E-state index >= 15 is 0 Å². The van der Waals surface area contributed by atoms with Crippen LogP contribution >= 0.6 is 0 Å². The molecule has 0 radical (unpaired) electrons. The highest BCUT2D eigenvalue weighted by Crippen LogP contribution is 2.32. The van der Waals surface area contributed by atoms with Gasteiger partial charge in [0.2, 0.25) is 0 Å². The number of carbonyl (C=O) groups is 3. The maximum atomic E-state index is 12.8. The molecule has 3 N–H and O–H groups in total. The van der Waals surface area contributed by atoms with E-state index < -0.39 is 5.60 Å². The topological polar surface area (TPSA) is 132 Å². The van der Waals surface area contributed by atoms with Gasteiger partial charge >= 0.3 is 6.09 Å². The largest absolute Gasteiger partial charge is 0.444 e. The molecule has 0 unspecified atom stereocenters. The Morgan fingerprint density at radius 1 is 1.15 bits per heavy atom. The quantitative estimate of drug-likeness (QED) is 0.344. The van der Waals surface area contributed by atoms with Crippen molar-refractivity contribution in [1.29, 1.82) is 0 Å². The number of imidazole rings is 1. The molecule has 1 aliphatic rings. The summed E-state index contributed by atoms with van der Waals surface area (Å²) in [6.07, 6.45) is 3.67. The molecule has 0 bridgehead atoms. The van der Waals surface area contributed by atoms with Gasteiger partial charge in [-0.05, 0) is 69.9 Å². The van der Waals surface area contributed by atoms with Gasteiger partial charge in [-0.25, -0.2) is 19.4 Å². The number of rotatable bonds is 6. The van der Waals surface area contributed by atoms with E-state index in [4.69, 9.17) is 15.6 Å². The summed E-state index contributed by atoms with van der Waals surface area (Å²) in [4.78, 5) is 48.7. The zero-order valence-electron chi connectivity index (χ0n) is 23.2. The Labute approximate surface area is 228 Å². The molecule has 1 atom stereocenters. The van der Waals surface area contributed by atoms with Crippen LogP contribution in [0.15, 0.2) is 42.6 Å². The first kappa shape index (κ1) is 27.8. The van der Waals surface area contributed by atoms with Gasteiger partial charge in [0, 0.05) is 43.3 Å². The molecule has 2 amide bonds. The van der Waals surface area contributed by atoms with E-state index in [2.05, 4.69) is 10.3 Å². The number of nitrogens with two attached hydrogens (primary N) is 1. The summed E-state index contributed by atoms with van der Waals surface area (Å²) in [6, 6.07) is 10.6. The molecule has 0 saturated carbocycles. The van der Waals surface area contributed by atoms with Gasteiger partial charge in [0.25, 0.3) is 5.91 Å². The first-order valence-electron chi connectivity index (χ1n) is 13.2. The van der Waals surface area contributed by atoms with Gasteiger partial charge in [-0.1, -0.05) is 19.1 Å². The van der Waals surface area contributed by atoms with E-state index in [0.717, 1.165) is 24.8 Å². The van der Waals surface area contributed by atoms with Gasteiger partial charge in [0.15, 0.2) is 5.78 Å². The Bertz CT molecular complexity index is 1370. The second-order valence-electron chi connectivity index (χ2n) is 10.8. The van der Waals surface area contributed by atoms with Gasteiger partial charge in [0.1, 0.15) is 28.6 Å². The van der Waals surface area contributed by atoms with Crippen LogP contribution in [-0.2, 0) is 11.2 Å². The lowest BCUT2D eigenvalue weighted by Gasteiger charge is -2.33. The summed E-state index contributed by atoms with van der Waals surface area (Å²) < 4.78 is 6.89. The number of ether oxygens (including phenoxy) is 1. The lowest BCUT2D eigenvalue weighted by Crippen LogP contribution is -2.43. The van der Waals surface area contributed by atoms with Crippen molar-refractivity contribution in [3.63, 3.8) is 0 Å². The van der Waals surface area contributed by atoms with E-state index in [1.165, 1.54) is 11.6 Å². The molecule has 1 aromatic carbocycles. The van der Waals surface area contributed by atoms with Crippen molar-refractivity contribution < 1.29 is 19.1 Å². The molecule has 3 aromatic rings. The van der Waals surface area contributed by atoms with Crippen molar-refractivity contribution >= 4 is 23.6 Å². The highest BCUT2D eigenvalue weighted by Gasteiger charge is 2.32. The zero-order valence-corrected chi connectivity index (χ0v) is 23.2. The Balaban J connectivity index is 1.56. The fraction of sp³-hybridized carbons (Fsp3) is 0.414. The maximum Gasteiger partial charge on any atom is 0.410 e. The smallest absolute Gasteiger partial charge is 0.410 e. The number of hydrogen-bond donors (Lipinski definition) is 2. The number of anilines is 1. The van der Waals surface area contributed by atoms with Gasteiger partial charge in [-0.2, -0.15) is 0 Å². The number of benzene rings is 1. The average molecular weight is 533 g/mol. The lowest BCUT2D eigenvalue weighted by atomic mass is 9.97. The standard InChI is InChI=1S/C29H36N6O4/c1-6-19-13-14-31-23(16-19)32-27(37)21-11-9-20(10-12-21)24-25(18(2)36)35(30)26(33-24)22-8-7-15-34(17-22)28(38)39-29(3,4)5/h9-14,16,22H,6-8,15,17,30H2,1-5H3,(H,31,32,37)/t22-/m1/s1. The summed E-state index contributed by atoms with van der Waals surface area (Å²) in [5.41, 5.74) is 2.31. The monoisotopic (exact) mass is 532 g/mol. The highest BCUT2D eigenvalue weighted by atomic mass is 16.6. The second-order valence-corrected chi connectivity index (χ2v) is 10.8. The number of nitrogens with zero attached hydrogens (tertiary/aromatic N) is 4. The number of piperidine rings is 1. The number of aryl methyl sites for hydroxylation is 1. The molecule has 1 fully saturated rings. The Morgan fingerprint density at radius 2 is 1.87 bits per heavy atom. The number of hydrogen-bond acceptors (Lipinski definition) is 7. The normalized spacial score (nSPS) is 15.6. The van der Waals surface area contributed by atoms with E-state index in [1.54, 1.807) is 35.4 Å². The number of likely N-dealkylation sites (tertiary alicyclic amines) is 1. The number of ketones is 1. The summed E-state index contributed by atoms with van der Waals surface area (Å²) in [7, 11) is 0. The van der Waals surface area contributed by atoms with Crippen LogP contribution in [0, 0.1) is 0 Å². The predicted octanol–water partition coefficient (Wildman–Crippen LogP) is 4.79. The Morgan fingerprint density at radius 3 is 2.51 bits per heavy atom. The van der Waals surface area contributed by atoms with Crippen LogP contribution in [0.2, 0.25) is 0 Å². The molecule has 1 aliphatic heterocycles. The third-order valence-electron chi connectivity index (χ3n) is 6.60. The number of Topliss-reactive ketones (excluding diaryl/α,β-unsaturated/α-hetero) is 1. The van der Waals surface area contributed by atoms with Crippen LogP contribution in [0.25, 0.3) is 11.3 Å². The van der Waals surface area contributed by atoms with Crippen LogP contribution in [-0.4, -0.2) is 56.0 Å². The van der Waals surface area contributed by atoms with Crippen molar-refractivity contribution in [3.05, 3.63) is 65.2 Å². The Hall–Kier alpha value is -4.21. The summed E-state index contributed by atoms with van der Waals surface area (Å²) in [6.45, 7) is 9.96. The van der Waals surface area contributed by atoms with Gasteiger partial charge in [-0.3, -0.25) is 9.59 Å². The van der Waals surface area contributed by atoms with E-state index in [0.29, 0.717) is 41.6 Å². The van der Waals surface area contributed by atoms with Crippen molar-refractivity contribution in [3.8, 4) is 11.3 Å². The molecule has 10 heteroatoms. The summed E-state index contributed by atoms with van der Waals surface area (Å²) in [5.74, 6) is 6.77. The van der Waals surface area contributed by atoms with Crippen LogP contribution in [0.3, 0.4) is 0 Å². The van der Waals surface area contributed by atoms with Gasteiger partial charge < -0.3 is 20.8 Å². The number of carbonyl (C=O) groups excluding carboxylic acids is 3. The number of pyridine rings is 1. The minimum absolute atomic E-state index is 0.153. The van der Waals surface area contributed by atoms with Crippen molar-refractivity contribution in [2.45, 2.75) is 65.4 Å². The molecular formula is C29H36N6O4. The third-order valence-corrected chi connectivity index (χ3v) is 6.60. The molecule has 206 valence electrons. The maximum absolute atomic E-state index is 12.8. The van der Waals surface area contributed by atoms with Crippen molar-refractivity contribution in [2.24, 2.45) is 0 Å². The lowest BCUT2D eigenvalue weighted by molar-refractivity contribution is 0.0195. The third kappa shape index (κ3) is 6.45. The number of amides is 2. The predicted molar refractivity (Wildman–Crippen MR) is 149 cm³/mol. The summed E-state index contributed by atoms with van der Waals surface area (Å²) in [5, 5.41) is 2.82. The first-order valence-corrected chi connectivity index (χ1v) is 13.2. The molecule has 39 heavy (non-hydrogen) atoms. The molecular weight excluding hydrogens is 496 g/mol. The molecule has 0 spiro atoms. The number of nitrogens with one attached hydrogen (secondary N) is 1. The van der Waals surface area contributed by atoms with E-state index in [9.17, 15) is 14.4 Å². The van der Waals surface area contributed by atoms with Crippen LogP contribution in [0.1, 0.15) is 85.6 Å². The minimum Gasteiger partial charge on any atom is -0.444 e. The molecule has 2 aromatic heterocycles. The second kappa shape index (κ2) is 11.3. The van der Waals surface area contributed by atoms with E-state index in [1.807, 2.05) is 39.8 Å². The van der Waals surface area contributed by atoms with Crippen LogP contribution < -0.4 is 11.2 Å². The number of aromatic nitrogens is 3. The highest BCUT2D eigenvalue weighted by molar-refractivity contribution is 6.04. The zero-order chi connectivity index (χ0) is 28.3. The average Bonchev–Trinajstić information content (AvgIpc) is 3.25. The van der Waals surface area contributed by atoms with E-state index in [-0.39, 0.29) is 29.4 Å². The van der Waals surface area contributed by atoms with Gasteiger partial charge in [-0.15, -0.1) is 0 Å². The first-order chi connectivity index (χ1) is 18.5. The van der Waals surface area contributed by atoms with Crippen LogP contribution in [0.4, 0.5) is 10.6 Å². The molecule has 1 saturated heterocycles. The molecule has 4 rings (SSSR count). The number of nitrogen functional groups attached to an aromatic ring is 1.